The van der Waals surface area contributed by atoms with Crippen LogP contribution in [0.2, 0.25) is 0 Å². The van der Waals surface area contributed by atoms with Crippen molar-refractivity contribution < 1.29 is 4.74 Å². The molecule has 2 rings (SSSR count). The summed E-state index contributed by atoms with van der Waals surface area (Å²) in [7, 11) is 0. The van der Waals surface area contributed by atoms with E-state index in [0.29, 0.717) is 18.2 Å². The highest BCUT2D eigenvalue weighted by molar-refractivity contribution is 4.89. The zero-order valence-corrected chi connectivity index (χ0v) is 9.82. The third-order valence-electron chi connectivity index (χ3n) is 3.87. The Kier molecular flexibility index (Phi) is 4.00. The normalized spacial score (nSPS) is 36.6. The summed E-state index contributed by atoms with van der Waals surface area (Å²) in [6.07, 6.45) is 6.72. The summed E-state index contributed by atoms with van der Waals surface area (Å²) in [6.45, 7) is 5.39. The van der Waals surface area contributed by atoms with Crippen LogP contribution >= 0.6 is 0 Å². The zero-order valence-electron chi connectivity index (χ0n) is 9.82. The van der Waals surface area contributed by atoms with Gasteiger partial charge in [0.1, 0.15) is 0 Å². The number of ether oxygens (including phenoxy) is 1. The minimum atomic E-state index is 0.395. The largest absolute Gasteiger partial charge is 0.377 e. The highest BCUT2D eigenvalue weighted by Crippen LogP contribution is 2.24. The first-order valence-electron chi connectivity index (χ1n) is 6.42. The molecule has 2 fully saturated rings. The van der Waals surface area contributed by atoms with Crippen LogP contribution in [0.5, 0.6) is 0 Å². The lowest BCUT2D eigenvalue weighted by Crippen LogP contribution is -2.47. The summed E-state index contributed by atoms with van der Waals surface area (Å²) in [5.74, 6) is 0. The lowest BCUT2D eigenvalue weighted by molar-refractivity contribution is 0.0573. The Bertz CT molecular complexity index is 192. The van der Waals surface area contributed by atoms with E-state index in [1.54, 1.807) is 0 Å². The molecule has 0 bridgehead atoms. The fraction of sp³-hybridized carbons (Fsp3) is 1.00. The molecule has 1 aliphatic heterocycles. The molecule has 3 atom stereocenters. The molecule has 2 aliphatic rings. The molecule has 88 valence electrons. The second-order valence-electron chi connectivity index (χ2n) is 4.88. The standard InChI is InChI=1S/C12H24N2O/c1-2-14(9-10-5-4-8-15-10)12-7-3-6-11(12)13/h10-12H,2-9,13H2,1H3. The van der Waals surface area contributed by atoms with E-state index in [1.165, 1.54) is 32.1 Å². The fourth-order valence-electron chi connectivity index (χ4n) is 2.97. The van der Waals surface area contributed by atoms with Gasteiger partial charge in [0, 0.05) is 25.2 Å². The second kappa shape index (κ2) is 5.28. The van der Waals surface area contributed by atoms with Gasteiger partial charge in [-0.3, -0.25) is 4.90 Å². The predicted octanol–water partition coefficient (Wildman–Crippen LogP) is 1.37. The molecule has 0 radical (unpaired) electrons. The van der Waals surface area contributed by atoms with E-state index < -0.39 is 0 Å². The molecule has 0 aromatic carbocycles. The van der Waals surface area contributed by atoms with Crippen LogP contribution in [0.25, 0.3) is 0 Å². The Hall–Kier alpha value is -0.120. The second-order valence-corrected chi connectivity index (χ2v) is 4.88. The molecule has 2 N–H and O–H groups in total. The van der Waals surface area contributed by atoms with Crippen LogP contribution in [0, 0.1) is 0 Å². The number of nitrogens with two attached hydrogens (primary N) is 1. The summed E-state index contributed by atoms with van der Waals surface area (Å²) in [6, 6.07) is 1.01. The van der Waals surface area contributed by atoms with E-state index in [2.05, 4.69) is 11.8 Å². The van der Waals surface area contributed by atoms with Crippen LogP contribution in [-0.4, -0.2) is 42.8 Å². The summed E-state index contributed by atoms with van der Waals surface area (Å²) in [5.41, 5.74) is 6.15. The molecule has 0 aromatic rings. The number of rotatable bonds is 4. The molecule has 1 aliphatic carbocycles. The fourth-order valence-corrected chi connectivity index (χ4v) is 2.97. The topological polar surface area (TPSA) is 38.5 Å². The van der Waals surface area contributed by atoms with E-state index in [4.69, 9.17) is 10.5 Å². The van der Waals surface area contributed by atoms with E-state index >= 15 is 0 Å². The molecule has 3 unspecified atom stereocenters. The van der Waals surface area contributed by atoms with E-state index in [1.807, 2.05) is 0 Å². The van der Waals surface area contributed by atoms with Gasteiger partial charge in [-0.25, -0.2) is 0 Å². The van der Waals surface area contributed by atoms with Crippen molar-refractivity contribution in [3.05, 3.63) is 0 Å². The van der Waals surface area contributed by atoms with Crippen molar-refractivity contribution >= 4 is 0 Å². The number of likely N-dealkylation sites (N-methyl/N-ethyl adjacent to an activating group) is 1. The molecule has 0 spiro atoms. The maximum absolute atomic E-state index is 6.15. The Morgan fingerprint density at radius 3 is 2.67 bits per heavy atom. The molecule has 0 aromatic heterocycles. The first-order valence-corrected chi connectivity index (χ1v) is 6.42. The predicted molar refractivity (Wildman–Crippen MR) is 61.8 cm³/mol. The van der Waals surface area contributed by atoms with Crippen molar-refractivity contribution in [3.8, 4) is 0 Å². The van der Waals surface area contributed by atoms with E-state index in [-0.39, 0.29) is 0 Å². The first kappa shape index (κ1) is 11.4. The molecular weight excluding hydrogens is 188 g/mol. The van der Waals surface area contributed by atoms with Crippen molar-refractivity contribution in [2.45, 2.75) is 57.2 Å². The number of nitrogens with zero attached hydrogens (tertiary/aromatic N) is 1. The van der Waals surface area contributed by atoms with Crippen molar-refractivity contribution in [1.29, 1.82) is 0 Å². The van der Waals surface area contributed by atoms with Gasteiger partial charge >= 0.3 is 0 Å². The monoisotopic (exact) mass is 212 g/mol. The lowest BCUT2D eigenvalue weighted by atomic mass is 10.1. The highest BCUT2D eigenvalue weighted by Gasteiger charge is 2.30. The number of hydrogen-bond donors (Lipinski definition) is 1. The SMILES string of the molecule is CCN(CC1CCCO1)C1CCCC1N. The molecule has 0 amide bonds. The quantitative estimate of drug-likeness (QED) is 0.765. The van der Waals surface area contributed by atoms with Crippen LogP contribution in [0.3, 0.4) is 0 Å². The van der Waals surface area contributed by atoms with Gasteiger partial charge in [-0.2, -0.15) is 0 Å². The van der Waals surface area contributed by atoms with Crippen LogP contribution in [-0.2, 0) is 4.74 Å². The number of hydrogen-bond acceptors (Lipinski definition) is 3. The average Bonchev–Trinajstić information content (AvgIpc) is 2.85. The minimum absolute atomic E-state index is 0.395. The van der Waals surface area contributed by atoms with Crippen LogP contribution in [0.15, 0.2) is 0 Å². The molecule has 1 saturated carbocycles. The van der Waals surface area contributed by atoms with Gasteiger partial charge in [-0.15, -0.1) is 0 Å². The molecule has 3 nitrogen and oxygen atoms in total. The van der Waals surface area contributed by atoms with Crippen molar-refractivity contribution in [1.82, 2.24) is 4.90 Å². The van der Waals surface area contributed by atoms with Gasteiger partial charge in [-0.05, 0) is 32.2 Å². The Labute approximate surface area is 93.0 Å². The van der Waals surface area contributed by atoms with Gasteiger partial charge < -0.3 is 10.5 Å². The third kappa shape index (κ3) is 2.71. The van der Waals surface area contributed by atoms with Crippen LogP contribution < -0.4 is 5.73 Å². The van der Waals surface area contributed by atoms with Gasteiger partial charge in [0.15, 0.2) is 0 Å². The van der Waals surface area contributed by atoms with Crippen LogP contribution in [0.4, 0.5) is 0 Å². The third-order valence-corrected chi connectivity index (χ3v) is 3.87. The van der Waals surface area contributed by atoms with Crippen molar-refractivity contribution in [2.24, 2.45) is 5.73 Å². The van der Waals surface area contributed by atoms with E-state index in [9.17, 15) is 0 Å². The van der Waals surface area contributed by atoms with Gasteiger partial charge in [0.2, 0.25) is 0 Å². The van der Waals surface area contributed by atoms with Gasteiger partial charge in [-0.1, -0.05) is 13.3 Å². The minimum Gasteiger partial charge on any atom is -0.377 e. The first-order chi connectivity index (χ1) is 7.31. The van der Waals surface area contributed by atoms with Crippen molar-refractivity contribution in [3.63, 3.8) is 0 Å². The smallest absolute Gasteiger partial charge is 0.0702 e. The molecule has 3 heteroatoms. The summed E-state index contributed by atoms with van der Waals surface area (Å²) in [5, 5.41) is 0. The Balaban J connectivity index is 1.85. The molecule has 1 heterocycles. The summed E-state index contributed by atoms with van der Waals surface area (Å²) >= 11 is 0. The molecule has 15 heavy (non-hydrogen) atoms. The highest BCUT2D eigenvalue weighted by atomic mass is 16.5. The van der Waals surface area contributed by atoms with Crippen molar-refractivity contribution in [2.75, 3.05) is 19.7 Å². The Morgan fingerprint density at radius 1 is 1.27 bits per heavy atom. The Morgan fingerprint density at radius 2 is 2.13 bits per heavy atom. The zero-order chi connectivity index (χ0) is 10.7. The van der Waals surface area contributed by atoms with Gasteiger partial charge in [0.25, 0.3) is 0 Å². The summed E-state index contributed by atoms with van der Waals surface area (Å²) in [4.78, 5) is 2.54. The van der Waals surface area contributed by atoms with Crippen LogP contribution in [0.1, 0.15) is 39.0 Å². The summed E-state index contributed by atoms with van der Waals surface area (Å²) < 4.78 is 5.70. The maximum Gasteiger partial charge on any atom is 0.0702 e. The van der Waals surface area contributed by atoms with E-state index in [0.717, 1.165) is 19.7 Å². The molecule has 1 saturated heterocycles. The lowest BCUT2D eigenvalue weighted by Gasteiger charge is -2.32. The maximum atomic E-state index is 6.15. The molecular formula is C12H24N2O. The van der Waals surface area contributed by atoms with Gasteiger partial charge in [0.05, 0.1) is 6.10 Å². The average molecular weight is 212 g/mol.